The highest BCUT2D eigenvalue weighted by Crippen LogP contribution is 2.26. The molecule has 0 unspecified atom stereocenters. The first kappa shape index (κ1) is 13.2. The molecule has 0 N–H and O–H groups in total. The summed E-state index contributed by atoms with van der Waals surface area (Å²) in [5.74, 6) is -0.511. The van der Waals surface area contributed by atoms with E-state index in [0.29, 0.717) is 15.8 Å². The molecule has 0 saturated carbocycles. The van der Waals surface area contributed by atoms with E-state index >= 15 is 0 Å². The van der Waals surface area contributed by atoms with E-state index < -0.39 is 5.92 Å². The second-order valence-corrected chi connectivity index (χ2v) is 4.14. The van der Waals surface area contributed by atoms with Gasteiger partial charge in [0, 0.05) is 12.0 Å². The molecule has 0 aliphatic carbocycles. The van der Waals surface area contributed by atoms with Crippen LogP contribution in [0.15, 0.2) is 22.7 Å². The van der Waals surface area contributed by atoms with Crippen LogP contribution < -0.4 is 4.74 Å². The van der Waals surface area contributed by atoms with Crippen LogP contribution in [0.25, 0.3) is 0 Å². The molecule has 0 radical (unpaired) electrons. The molecule has 0 heterocycles. The lowest BCUT2D eigenvalue weighted by molar-refractivity contribution is 0.0976. The van der Waals surface area contributed by atoms with E-state index in [2.05, 4.69) is 15.9 Å². The number of methoxy groups -OCH3 is 1. The van der Waals surface area contributed by atoms with Gasteiger partial charge in [-0.3, -0.25) is 4.79 Å². The van der Waals surface area contributed by atoms with Crippen LogP contribution >= 0.6 is 15.9 Å². The summed E-state index contributed by atoms with van der Waals surface area (Å²) in [7, 11) is 1.53. The predicted molar refractivity (Wildman–Crippen MR) is 64.4 cm³/mol. The second kappa shape index (κ2) is 6.03. The van der Waals surface area contributed by atoms with Crippen LogP contribution in [-0.4, -0.2) is 12.9 Å². The molecule has 0 aliphatic rings. The third-order valence-electron chi connectivity index (χ3n) is 2.17. The molecular formula is C12H9BrN2O2. The van der Waals surface area contributed by atoms with Gasteiger partial charge in [0.1, 0.15) is 11.7 Å². The van der Waals surface area contributed by atoms with E-state index in [0.717, 1.165) is 0 Å². The van der Waals surface area contributed by atoms with Crippen LogP contribution in [0.1, 0.15) is 16.8 Å². The Kier molecular flexibility index (Phi) is 4.68. The summed E-state index contributed by atoms with van der Waals surface area (Å²) in [5.41, 5.74) is 0.452. The smallest absolute Gasteiger partial charge is 0.165 e. The molecule has 17 heavy (non-hydrogen) atoms. The maximum Gasteiger partial charge on any atom is 0.165 e. The summed E-state index contributed by atoms with van der Waals surface area (Å²) >= 11 is 3.27. The molecule has 1 aromatic carbocycles. The number of carbonyl (C=O) groups excluding carboxylic acids is 1. The second-order valence-electron chi connectivity index (χ2n) is 3.29. The molecular weight excluding hydrogens is 284 g/mol. The molecule has 1 aromatic rings. The number of nitriles is 2. The molecule has 1 rings (SSSR count). The zero-order valence-corrected chi connectivity index (χ0v) is 10.7. The fourth-order valence-electron chi connectivity index (χ4n) is 1.26. The number of benzene rings is 1. The van der Waals surface area contributed by atoms with Crippen LogP contribution in [0.2, 0.25) is 0 Å². The van der Waals surface area contributed by atoms with E-state index in [-0.39, 0.29) is 12.2 Å². The SMILES string of the molecule is COc1ccc(C(=O)CC(C#N)C#N)cc1Br. The standard InChI is InChI=1S/C12H9BrN2O2/c1-17-12-3-2-9(5-10(12)13)11(16)4-8(6-14)7-15/h2-3,5,8H,4H2,1H3. The topological polar surface area (TPSA) is 73.9 Å². The van der Waals surface area contributed by atoms with Crippen molar-refractivity contribution in [3.8, 4) is 17.9 Å². The quantitative estimate of drug-likeness (QED) is 0.800. The Balaban J connectivity index is 2.88. The first-order valence-corrected chi connectivity index (χ1v) is 5.57. The maximum atomic E-state index is 11.8. The van der Waals surface area contributed by atoms with Gasteiger partial charge in [-0.05, 0) is 34.1 Å². The highest BCUT2D eigenvalue weighted by atomic mass is 79.9. The minimum Gasteiger partial charge on any atom is -0.496 e. The number of rotatable bonds is 4. The van der Waals surface area contributed by atoms with E-state index in [1.165, 1.54) is 7.11 Å². The summed E-state index contributed by atoms with van der Waals surface area (Å²) < 4.78 is 5.70. The maximum absolute atomic E-state index is 11.8. The van der Waals surface area contributed by atoms with Crippen LogP contribution in [0.4, 0.5) is 0 Å². The lowest BCUT2D eigenvalue weighted by Crippen LogP contribution is -2.05. The molecule has 0 fully saturated rings. The van der Waals surface area contributed by atoms with Gasteiger partial charge in [-0.1, -0.05) is 0 Å². The average molecular weight is 293 g/mol. The fourth-order valence-corrected chi connectivity index (χ4v) is 1.80. The highest BCUT2D eigenvalue weighted by molar-refractivity contribution is 9.10. The highest BCUT2D eigenvalue weighted by Gasteiger charge is 2.15. The molecule has 0 amide bonds. The third kappa shape index (κ3) is 3.30. The van der Waals surface area contributed by atoms with Crippen LogP contribution in [0.3, 0.4) is 0 Å². The minimum atomic E-state index is -0.900. The van der Waals surface area contributed by atoms with Gasteiger partial charge in [-0.15, -0.1) is 0 Å². The molecule has 86 valence electrons. The molecule has 4 nitrogen and oxygen atoms in total. The number of ketones is 1. The Morgan fingerprint density at radius 1 is 1.47 bits per heavy atom. The molecule has 0 aromatic heterocycles. The summed E-state index contributed by atoms with van der Waals surface area (Å²) in [6.45, 7) is 0. The van der Waals surface area contributed by atoms with Crippen molar-refractivity contribution >= 4 is 21.7 Å². The molecule has 0 saturated heterocycles. The number of hydrogen-bond acceptors (Lipinski definition) is 4. The zero-order chi connectivity index (χ0) is 12.8. The molecule has 0 atom stereocenters. The summed E-state index contributed by atoms with van der Waals surface area (Å²) in [5, 5.41) is 17.2. The van der Waals surface area contributed by atoms with Gasteiger partial charge >= 0.3 is 0 Å². The van der Waals surface area contributed by atoms with E-state index in [1.54, 1.807) is 30.3 Å². The normalized spacial score (nSPS) is 9.47. The Hall–Kier alpha value is -1.85. The Morgan fingerprint density at radius 2 is 2.12 bits per heavy atom. The number of Topliss-reactive ketones (excluding diaryl/α,β-unsaturated/α-hetero) is 1. The van der Waals surface area contributed by atoms with Crippen molar-refractivity contribution in [3.63, 3.8) is 0 Å². The fraction of sp³-hybridized carbons (Fsp3) is 0.250. The largest absolute Gasteiger partial charge is 0.496 e. The molecule has 0 spiro atoms. The monoisotopic (exact) mass is 292 g/mol. The van der Waals surface area contributed by atoms with E-state index in [1.807, 2.05) is 0 Å². The number of hydrogen-bond donors (Lipinski definition) is 0. The van der Waals surface area contributed by atoms with Gasteiger partial charge in [-0.2, -0.15) is 10.5 Å². The molecule has 0 bridgehead atoms. The predicted octanol–water partition coefficient (Wildman–Crippen LogP) is 2.69. The van der Waals surface area contributed by atoms with Gasteiger partial charge in [-0.25, -0.2) is 0 Å². The summed E-state index contributed by atoms with van der Waals surface area (Å²) in [6, 6.07) is 8.43. The molecule has 0 aliphatic heterocycles. The van der Waals surface area contributed by atoms with Gasteiger partial charge in [0.15, 0.2) is 5.78 Å². The Bertz CT molecular complexity index is 500. The van der Waals surface area contributed by atoms with Gasteiger partial charge in [0.25, 0.3) is 0 Å². The summed E-state index contributed by atoms with van der Waals surface area (Å²) in [4.78, 5) is 11.8. The van der Waals surface area contributed by atoms with Gasteiger partial charge < -0.3 is 4.74 Å². The Labute approximate surface area is 108 Å². The van der Waals surface area contributed by atoms with Crippen LogP contribution in [-0.2, 0) is 0 Å². The third-order valence-corrected chi connectivity index (χ3v) is 2.79. The van der Waals surface area contributed by atoms with E-state index in [4.69, 9.17) is 15.3 Å². The van der Waals surface area contributed by atoms with Crippen molar-refractivity contribution in [2.75, 3.05) is 7.11 Å². The lowest BCUT2D eigenvalue weighted by atomic mass is 10.0. The number of carbonyl (C=O) groups is 1. The number of halogens is 1. The zero-order valence-electron chi connectivity index (χ0n) is 9.11. The van der Waals surface area contributed by atoms with Crippen molar-refractivity contribution in [2.45, 2.75) is 6.42 Å². The first-order valence-electron chi connectivity index (χ1n) is 4.78. The van der Waals surface area contributed by atoms with Gasteiger partial charge in [0.05, 0.1) is 23.7 Å². The Morgan fingerprint density at radius 3 is 2.59 bits per heavy atom. The van der Waals surface area contributed by atoms with Gasteiger partial charge in [0.2, 0.25) is 0 Å². The van der Waals surface area contributed by atoms with Crippen molar-refractivity contribution in [3.05, 3.63) is 28.2 Å². The van der Waals surface area contributed by atoms with Crippen molar-refractivity contribution in [1.82, 2.24) is 0 Å². The lowest BCUT2D eigenvalue weighted by Gasteiger charge is -2.05. The minimum absolute atomic E-state index is 0.0915. The van der Waals surface area contributed by atoms with Crippen LogP contribution in [0, 0.1) is 28.6 Å². The number of nitrogens with zero attached hydrogens (tertiary/aromatic N) is 2. The van der Waals surface area contributed by atoms with Crippen molar-refractivity contribution in [1.29, 1.82) is 10.5 Å². The first-order chi connectivity index (χ1) is 8.12. The number of ether oxygens (including phenoxy) is 1. The van der Waals surface area contributed by atoms with Crippen molar-refractivity contribution < 1.29 is 9.53 Å². The average Bonchev–Trinajstić information content (AvgIpc) is 2.35. The van der Waals surface area contributed by atoms with E-state index in [9.17, 15) is 4.79 Å². The molecule has 5 heteroatoms. The summed E-state index contributed by atoms with van der Waals surface area (Å²) in [6.07, 6.45) is -0.0915. The van der Waals surface area contributed by atoms with Crippen LogP contribution in [0.5, 0.6) is 5.75 Å². The van der Waals surface area contributed by atoms with Crippen molar-refractivity contribution in [2.24, 2.45) is 5.92 Å².